The number of carboxylic acids is 1. The quantitative estimate of drug-likeness (QED) is 0.883. The number of nitrogens with zero attached hydrogens (tertiary/aromatic N) is 1. The minimum Gasteiger partial charge on any atom is -0.481 e. The zero-order valence-electron chi connectivity index (χ0n) is 10.7. The van der Waals surface area contributed by atoms with E-state index in [1.807, 2.05) is 0 Å². The molecule has 1 aromatic carbocycles. The summed E-state index contributed by atoms with van der Waals surface area (Å²) < 4.78 is 0. The highest BCUT2D eigenvalue weighted by Crippen LogP contribution is 2.58. The molecule has 2 fully saturated rings. The second-order valence-corrected chi connectivity index (χ2v) is 5.92. The number of piperidine rings is 1. The molecule has 5 nitrogen and oxygen atoms in total. The number of carbonyl (C=O) groups is 2. The molecule has 2 N–H and O–H groups in total. The van der Waals surface area contributed by atoms with Crippen LogP contribution in [0.5, 0.6) is 0 Å². The van der Waals surface area contributed by atoms with Crippen LogP contribution in [0.1, 0.15) is 22.3 Å². The summed E-state index contributed by atoms with van der Waals surface area (Å²) in [5.41, 5.74) is 0.272. The van der Waals surface area contributed by atoms with Gasteiger partial charge in [0.2, 0.25) is 0 Å². The summed E-state index contributed by atoms with van der Waals surface area (Å²) in [5.74, 6) is -0.938. The van der Waals surface area contributed by atoms with Gasteiger partial charge < -0.3 is 15.1 Å². The van der Waals surface area contributed by atoms with E-state index in [2.05, 4.69) is 0 Å². The van der Waals surface area contributed by atoms with Crippen molar-refractivity contribution < 1.29 is 19.8 Å². The predicted molar refractivity (Wildman–Crippen MR) is 71.5 cm³/mol. The Morgan fingerprint density at radius 2 is 2.20 bits per heavy atom. The Labute approximate surface area is 120 Å². The van der Waals surface area contributed by atoms with Gasteiger partial charge in [0.1, 0.15) is 0 Å². The number of carboxylic acid groups (broad SMARTS) is 1. The van der Waals surface area contributed by atoms with Gasteiger partial charge in [-0.25, -0.2) is 0 Å². The molecule has 106 valence electrons. The van der Waals surface area contributed by atoms with Gasteiger partial charge in [-0.05, 0) is 30.0 Å². The lowest BCUT2D eigenvalue weighted by atomic mass is 10.1. The van der Waals surface area contributed by atoms with Crippen molar-refractivity contribution in [3.8, 4) is 0 Å². The molecule has 0 spiro atoms. The molecule has 0 unspecified atom stereocenters. The van der Waals surface area contributed by atoms with Gasteiger partial charge in [-0.1, -0.05) is 17.7 Å². The van der Waals surface area contributed by atoms with Crippen LogP contribution >= 0.6 is 11.6 Å². The number of aliphatic hydroxyl groups is 1. The molecule has 1 aliphatic carbocycles. The molecular weight excluding hydrogens is 282 g/mol. The number of amides is 1. The average molecular weight is 296 g/mol. The first-order valence-electron chi connectivity index (χ1n) is 6.40. The number of aliphatic hydroxyl groups excluding tert-OH is 1. The summed E-state index contributed by atoms with van der Waals surface area (Å²) in [5, 5.41) is 18.6. The second-order valence-electron chi connectivity index (χ2n) is 5.51. The van der Waals surface area contributed by atoms with Crippen LogP contribution in [-0.4, -0.2) is 40.1 Å². The van der Waals surface area contributed by atoms with E-state index in [-0.39, 0.29) is 25.0 Å². The van der Waals surface area contributed by atoms with Crippen molar-refractivity contribution >= 4 is 23.5 Å². The van der Waals surface area contributed by atoms with E-state index < -0.39 is 11.4 Å². The minimum atomic E-state index is -0.813. The van der Waals surface area contributed by atoms with Crippen molar-refractivity contribution in [3.05, 3.63) is 34.3 Å². The molecule has 2 aliphatic rings. The van der Waals surface area contributed by atoms with Gasteiger partial charge in [-0.15, -0.1) is 0 Å². The highest BCUT2D eigenvalue weighted by Gasteiger charge is 2.66. The molecule has 0 aromatic heterocycles. The maximum Gasteiger partial charge on any atom is 0.311 e. The van der Waals surface area contributed by atoms with Crippen molar-refractivity contribution in [2.45, 2.75) is 13.0 Å². The van der Waals surface area contributed by atoms with Gasteiger partial charge >= 0.3 is 5.97 Å². The summed E-state index contributed by atoms with van der Waals surface area (Å²) in [6, 6.07) is 4.74. The fraction of sp³-hybridized carbons (Fsp3) is 0.429. The van der Waals surface area contributed by atoms with Crippen LogP contribution < -0.4 is 0 Å². The minimum absolute atomic E-state index is 0.0798. The summed E-state index contributed by atoms with van der Waals surface area (Å²) in [7, 11) is 0. The van der Waals surface area contributed by atoms with Gasteiger partial charge in [-0.2, -0.15) is 0 Å². The Balaban J connectivity index is 1.78. The van der Waals surface area contributed by atoms with E-state index in [1.54, 1.807) is 17.0 Å². The third-order valence-corrected chi connectivity index (χ3v) is 4.68. The van der Waals surface area contributed by atoms with E-state index >= 15 is 0 Å². The summed E-state index contributed by atoms with van der Waals surface area (Å²) in [4.78, 5) is 25.1. The Bertz CT molecular complexity index is 603. The molecule has 1 aromatic rings. The van der Waals surface area contributed by atoms with Crippen molar-refractivity contribution in [2.75, 3.05) is 13.1 Å². The van der Waals surface area contributed by atoms with E-state index in [0.29, 0.717) is 29.1 Å². The van der Waals surface area contributed by atoms with Crippen molar-refractivity contribution in [2.24, 2.45) is 11.3 Å². The summed E-state index contributed by atoms with van der Waals surface area (Å²) in [6.07, 6.45) is 0.663. The molecule has 6 heteroatoms. The summed E-state index contributed by atoms with van der Waals surface area (Å²) in [6.45, 7) is 0.580. The number of likely N-dealkylation sites (tertiary alicyclic amines) is 1. The monoisotopic (exact) mass is 295 g/mol. The third-order valence-electron chi connectivity index (χ3n) is 4.33. The number of rotatable bonds is 3. The molecule has 1 saturated carbocycles. The SMILES string of the molecule is O=C(c1ccc(CO)c(Cl)c1)N1C[C@H]2C[C@@]2(C(=O)O)C1. The van der Waals surface area contributed by atoms with E-state index in [0.717, 1.165) is 0 Å². The number of aliphatic carboxylic acids is 1. The smallest absolute Gasteiger partial charge is 0.311 e. The van der Waals surface area contributed by atoms with Crippen LogP contribution in [0.2, 0.25) is 5.02 Å². The van der Waals surface area contributed by atoms with Crippen molar-refractivity contribution in [3.63, 3.8) is 0 Å². The molecule has 0 radical (unpaired) electrons. The molecule has 1 aliphatic heterocycles. The van der Waals surface area contributed by atoms with Gasteiger partial charge in [0.25, 0.3) is 5.91 Å². The molecule has 2 atom stereocenters. The molecule has 1 heterocycles. The molecule has 1 amide bonds. The van der Waals surface area contributed by atoms with Crippen LogP contribution in [0.4, 0.5) is 0 Å². The van der Waals surface area contributed by atoms with Gasteiger partial charge in [-0.3, -0.25) is 9.59 Å². The van der Waals surface area contributed by atoms with E-state index in [4.69, 9.17) is 16.7 Å². The molecule has 3 rings (SSSR count). The first kappa shape index (κ1) is 13.4. The maximum atomic E-state index is 12.3. The normalized spacial score (nSPS) is 27.3. The van der Waals surface area contributed by atoms with Crippen LogP contribution in [0.15, 0.2) is 18.2 Å². The molecule has 20 heavy (non-hydrogen) atoms. The Hall–Kier alpha value is -1.59. The van der Waals surface area contributed by atoms with Crippen LogP contribution in [-0.2, 0) is 11.4 Å². The lowest BCUT2D eigenvalue weighted by Gasteiger charge is -2.20. The average Bonchev–Trinajstić information content (AvgIpc) is 3.00. The largest absolute Gasteiger partial charge is 0.481 e. The summed E-state index contributed by atoms with van der Waals surface area (Å²) >= 11 is 5.97. The van der Waals surface area contributed by atoms with E-state index in [9.17, 15) is 14.7 Å². The molecule has 1 saturated heterocycles. The number of fused-ring (bicyclic) bond motifs is 1. The Morgan fingerprint density at radius 3 is 2.75 bits per heavy atom. The van der Waals surface area contributed by atoms with Gasteiger partial charge in [0.15, 0.2) is 0 Å². The first-order valence-corrected chi connectivity index (χ1v) is 6.77. The lowest BCUT2D eigenvalue weighted by Crippen LogP contribution is -2.33. The van der Waals surface area contributed by atoms with Crippen LogP contribution in [0.3, 0.4) is 0 Å². The highest BCUT2D eigenvalue weighted by molar-refractivity contribution is 6.31. The Morgan fingerprint density at radius 1 is 1.45 bits per heavy atom. The number of halogens is 1. The fourth-order valence-electron chi connectivity index (χ4n) is 2.96. The first-order chi connectivity index (χ1) is 9.48. The fourth-order valence-corrected chi connectivity index (χ4v) is 3.20. The number of carbonyl (C=O) groups excluding carboxylic acids is 1. The Kier molecular flexibility index (Phi) is 2.99. The maximum absolute atomic E-state index is 12.3. The van der Waals surface area contributed by atoms with Crippen LogP contribution in [0.25, 0.3) is 0 Å². The number of hydrogen-bond acceptors (Lipinski definition) is 3. The van der Waals surface area contributed by atoms with Gasteiger partial charge in [0, 0.05) is 23.7 Å². The topological polar surface area (TPSA) is 77.8 Å². The van der Waals surface area contributed by atoms with Gasteiger partial charge in [0.05, 0.1) is 12.0 Å². The molecule has 0 bridgehead atoms. The van der Waals surface area contributed by atoms with Crippen molar-refractivity contribution in [1.82, 2.24) is 4.90 Å². The lowest BCUT2D eigenvalue weighted by molar-refractivity contribution is -0.143. The van der Waals surface area contributed by atoms with E-state index in [1.165, 1.54) is 6.07 Å². The highest BCUT2D eigenvalue weighted by atomic mass is 35.5. The number of hydrogen-bond donors (Lipinski definition) is 2. The zero-order valence-corrected chi connectivity index (χ0v) is 11.4. The molecular formula is C14H14ClNO4. The third kappa shape index (κ3) is 1.89. The van der Waals surface area contributed by atoms with Crippen molar-refractivity contribution in [1.29, 1.82) is 0 Å². The number of benzene rings is 1. The standard InChI is InChI=1S/C14H14ClNO4/c15-11-3-8(1-2-9(11)6-17)12(18)16-5-10-4-14(10,7-16)13(19)20/h1-3,10,17H,4-7H2,(H,19,20)/t10-,14-/m1/s1. The second kappa shape index (κ2) is 4.46. The predicted octanol–water partition coefficient (Wildman–Crippen LogP) is 1.38. The van der Waals surface area contributed by atoms with Crippen LogP contribution in [0, 0.1) is 11.3 Å². The zero-order chi connectivity index (χ0) is 14.5.